The standard InChI is InChI=1S/C29H25F3N4O5/c1-28(2)26(38)36(20-11-9-17(15-33)22(14-20)29(30,31)32)27(39)35(28)16-18-7-5-6-8-23(18)34-19-10-12-24(40-3)21(13-19)25(37)41-4/h5-14,34H,16H2,1-4H3. The van der Waals surface area contributed by atoms with Gasteiger partial charge in [0.15, 0.2) is 0 Å². The maximum absolute atomic E-state index is 13.6. The molecule has 0 aliphatic carbocycles. The Kier molecular flexibility index (Phi) is 7.66. The summed E-state index contributed by atoms with van der Waals surface area (Å²) in [4.78, 5) is 41.1. The third kappa shape index (κ3) is 5.38. The summed E-state index contributed by atoms with van der Waals surface area (Å²) in [5, 5.41) is 12.3. The predicted octanol–water partition coefficient (Wildman–Crippen LogP) is 5.86. The molecule has 0 aromatic heterocycles. The van der Waals surface area contributed by atoms with Crippen LogP contribution in [0.25, 0.3) is 0 Å². The molecular formula is C29H25F3N4O5. The van der Waals surface area contributed by atoms with Gasteiger partial charge in [0.1, 0.15) is 16.9 Å². The van der Waals surface area contributed by atoms with E-state index in [9.17, 15) is 27.6 Å². The molecule has 0 bridgehead atoms. The number of hydrogen-bond acceptors (Lipinski definition) is 7. The van der Waals surface area contributed by atoms with Crippen LogP contribution >= 0.6 is 0 Å². The first kappa shape index (κ1) is 28.9. The van der Waals surface area contributed by atoms with Gasteiger partial charge in [-0.05, 0) is 61.9 Å². The molecule has 0 saturated carbocycles. The number of rotatable bonds is 7. The van der Waals surface area contributed by atoms with Crippen molar-refractivity contribution in [3.63, 3.8) is 0 Å². The van der Waals surface area contributed by atoms with Crippen molar-refractivity contribution in [2.45, 2.75) is 32.1 Å². The third-order valence-electron chi connectivity index (χ3n) is 6.74. The molecule has 212 valence electrons. The molecule has 3 aromatic rings. The normalized spacial score (nSPS) is 14.6. The fourth-order valence-electron chi connectivity index (χ4n) is 4.49. The molecule has 41 heavy (non-hydrogen) atoms. The summed E-state index contributed by atoms with van der Waals surface area (Å²) in [5.41, 5.74) is -1.71. The zero-order chi connectivity index (χ0) is 30.1. The summed E-state index contributed by atoms with van der Waals surface area (Å²) in [6, 6.07) is 15.1. The Hall–Kier alpha value is -5.05. The van der Waals surface area contributed by atoms with E-state index in [1.807, 2.05) is 0 Å². The molecular weight excluding hydrogens is 541 g/mol. The van der Waals surface area contributed by atoms with Crippen molar-refractivity contribution in [2.75, 3.05) is 24.4 Å². The van der Waals surface area contributed by atoms with Crippen molar-refractivity contribution >= 4 is 35.0 Å². The number of halogens is 3. The van der Waals surface area contributed by atoms with Gasteiger partial charge >= 0.3 is 18.2 Å². The van der Waals surface area contributed by atoms with E-state index < -0.39 is 40.7 Å². The summed E-state index contributed by atoms with van der Waals surface area (Å²) >= 11 is 0. The highest BCUT2D eigenvalue weighted by Gasteiger charge is 2.52. The van der Waals surface area contributed by atoms with Gasteiger partial charge in [0.2, 0.25) is 0 Å². The Bertz CT molecular complexity index is 1580. The van der Waals surface area contributed by atoms with Gasteiger partial charge in [-0.25, -0.2) is 14.5 Å². The topological polar surface area (TPSA) is 112 Å². The lowest BCUT2D eigenvalue weighted by Gasteiger charge is -2.28. The number of carbonyl (C=O) groups excluding carboxylic acids is 3. The van der Waals surface area contributed by atoms with Crippen LogP contribution in [-0.2, 0) is 22.3 Å². The Morgan fingerprint density at radius 2 is 1.76 bits per heavy atom. The third-order valence-corrected chi connectivity index (χ3v) is 6.74. The molecule has 0 atom stereocenters. The second-order valence-corrected chi connectivity index (χ2v) is 9.60. The molecule has 0 radical (unpaired) electrons. The van der Waals surface area contributed by atoms with E-state index in [4.69, 9.17) is 14.7 Å². The molecule has 0 spiro atoms. The number of carbonyl (C=O) groups is 3. The molecule has 0 unspecified atom stereocenters. The molecule has 1 aliphatic heterocycles. The van der Waals surface area contributed by atoms with E-state index in [2.05, 4.69) is 5.32 Å². The molecule has 9 nitrogen and oxygen atoms in total. The maximum atomic E-state index is 13.6. The van der Waals surface area contributed by atoms with E-state index >= 15 is 0 Å². The number of benzene rings is 3. The first-order valence-corrected chi connectivity index (χ1v) is 12.2. The van der Waals surface area contributed by atoms with Crippen LogP contribution in [0.1, 0.15) is 40.9 Å². The van der Waals surface area contributed by atoms with Crippen molar-refractivity contribution in [2.24, 2.45) is 0 Å². The molecule has 1 aliphatic rings. The first-order chi connectivity index (χ1) is 19.3. The molecule has 1 fully saturated rings. The van der Waals surface area contributed by atoms with Crippen LogP contribution in [0.2, 0.25) is 0 Å². The van der Waals surface area contributed by atoms with Gasteiger partial charge in [-0.15, -0.1) is 0 Å². The van der Waals surface area contributed by atoms with Gasteiger partial charge in [0.05, 0.1) is 43.6 Å². The van der Waals surface area contributed by atoms with Gasteiger partial charge in [-0.3, -0.25) is 4.79 Å². The Morgan fingerprint density at radius 1 is 1.05 bits per heavy atom. The quantitative estimate of drug-likeness (QED) is 0.282. The SMILES string of the molecule is COC(=O)c1cc(Nc2ccccc2CN2C(=O)N(c3ccc(C#N)c(C(F)(F)F)c3)C(=O)C2(C)C)ccc1OC. The number of ether oxygens (including phenoxy) is 2. The fourth-order valence-corrected chi connectivity index (χ4v) is 4.49. The highest BCUT2D eigenvalue weighted by Crippen LogP contribution is 2.39. The van der Waals surface area contributed by atoms with Crippen molar-refractivity contribution < 1.29 is 37.0 Å². The number of esters is 1. The number of imide groups is 1. The Labute approximate surface area is 233 Å². The van der Waals surface area contributed by atoms with Crippen LogP contribution in [0.5, 0.6) is 5.75 Å². The highest BCUT2D eigenvalue weighted by molar-refractivity contribution is 6.23. The largest absolute Gasteiger partial charge is 0.496 e. The van der Waals surface area contributed by atoms with Crippen molar-refractivity contribution in [3.8, 4) is 11.8 Å². The summed E-state index contributed by atoms with van der Waals surface area (Å²) in [6.45, 7) is 2.94. The fraction of sp³-hybridized carbons (Fsp3) is 0.241. The second-order valence-electron chi connectivity index (χ2n) is 9.60. The van der Waals surface area contributed by atoms with E-state index in [-0.39, 0.29) is 17.8 Å². The maximum Gasteiger partial charge on any atom is 0.417 e. The zero-order valence-corrected chi connectivity index (χ0v) is 22.5. The number of alkyl halides is 3. The highest BCUT2D eigenvalue weighted by atomic mass is 19.4. The van der Waals surface area contributed by atoms with E-state index in [1.54, 1.807) is 42.5 Å². The lowest BCUT2D eigenvalue weighted by atomic mass is 10.0. The van der Waals surface area contributed by atoms with Gasteiger partial charge in [-0.2, -0.15) is 18.4 Å². The molecule has 4 rings (SSSR count). The number of hydrogen-bond donors (Lipinski definition) is 1. The molecule has 1 heterocycles. The smallest absolute Gasteiger partial charge is 0.417 e. The van der Waals surface area contributed by atoms with E-state index in [0.29, 0.717) is 33.7 Å². The molecule has 1 saturated heterocycles. The van der Waals surface area contributed by atoms with Crippen molar-refractivity contribution in [1.82, 2.24) is 4.90 Å². The minimum Gasteiger partial charge on any atom is -0.496 e. The number of urea groups is 1. The summed E-state index contributed by atoms with van der Waals surface area (Å²) in [5.74, 6) is -1.00. The number of nitriles is 1. The monoisotopic (exact) mass is 566 g/mol. The van der Waals surface area contributed by atoms with Crippen LogP contribution in [0.15, 0.2) is 60.7 Å². The number of amides is 3. The number of nitrogens with zero attached hydrogens (tertiary/aromatic N) is 3. The first-order valence-electron chi connectivity index (χ1n) is 12.2. The minimum absolute atomic E-state index is 0.0698. The average molecular weight is 567 g/mol. The van der Waals surface area contributed by atoms with E-state index in [0.717, 1.165) is 12.1 Å². The lowest BCUT2D eigenvalue weighted by Crippen LogP contribution is -2.43. The van der Waals surface area contributed by atoms with E-state index in [1.165, 1.54) is 39.0 Å². The Balaban J connectivity index is 1.67. The second kappa shape index (κ2) is 10.8. The molecule has 3 aromatic carbocycles. The van der Waals surface area contributed by atoms with Gasteiger partial charge in [-0.1, -0.05) is 18.2 Å². The van der Waals surface area contributed by atoms with Gasteiger partial charge < -0.3 is 19.7 Å². The van der Waals surface area contributed by atoms with Crippen LogP contribution in [0, 0.1) is 11.3 Å². The Morgan fingerprint density at radius 3 is 2.39 bits per heavy atom. The number of nitrogens with one attached hydrogen (secondary N) is 1. The van der Waals surface area contributed by atoms with Gasteiger partial charge in [0, 0.05) is 11.4 Å². The molecule has 1 N–H and O–H groups in total. The lowest BCUT2D eigenvalue weighted by molar-refractivity contribution is -0.137. The van der Waals surface area contributed by atoms with Gasteiger partial charge in [0.25, 0.3) is 5.91 Å². The summed E-state index contributed by atoms with van der Waals surface area (Å²) < 4.78 is 50.8. The number of methoxy groups -OCH3 is 2. The van der Waals surface area contributed by atoms with Crippen LogP contribution < -0.4 is 15.0 Å². The average Bonchev–Trinajstić information content (AvgIpc) is 3.11. The van der Waals surface area contributed by atoms with Crippen LogP contribution in [-0.4, -0.2) is 42.6 Å². The summed E-state index contributed by atoms with van der Waals surface area (Å²) in [6.07, 6.45) is -4.86. The summed E-state index contributed by atoms with van der Waals surface area (Å²) in [7, 11) is 2.67. The number of para-hydroxylation sites is 1. The van der Waals surface area contributed by atoms with Crippen LogP contribution in [0.3, 0.4) is 0 Å². The number of anilines is 3. The van der Waals surface area contributed by atoms with Crippen LogP contribution in [0.4, 0.5) is 35.0 Å². The minimum atomic E-state index is -4.86. The predicted molar refractivity (Wildman–Crippen MR) is 143 cm³/mol. The van der Waals surface area contributed by atoms with Crippen molar-refractivity contribution in [3.05, 3.63) is 82.9 Å². The molecule has 12 heteroatoms. The molecule has 3 amide bonds. The van der Waals surface area contributed by atoms with Crippen molar-refractivity contribution in [1.29, 1.82) is 5.26 Å². The zero-order valence-electron chi connectivity index (χ0n) is 22.5.